The van der Waals surface area contributed by atoms with E-state index in [-0.39, 0.29) is 18.5 Å². The first-order chi connectivity index (χ1) is 41.2. The van der Waals surface area contributed by atoms with E-state index in [2.05, 4.69) is 43.5 Å². The summed E-state index contributed by atoms with van der Waals surface area (Å²) < 4.78 is 16.7. The Kier molecular flexibility index (Phi) is 59.4. The maximum atomic E-state index is 13.0. The van der Waals surface area contributed by atoms with Crippen LogP contribution in [0.25, 0.3) is 0 Å². The Hall–Kier alpha value is -2.12. The van der Waals surface area contributed by atoms with Gasteiger partial charge in [-0.3, -0.25) is 9.59 Å². The first kappa shape index (κ1) is 79.9. The average Bonchev–Trinajstić information content (AvgIpc) is 3.66. The molecule has 11 heteroatoms. The van der Waals surface area contributed by atoms with Gasteiger partial charge in [-0.1, -0.05) is 301 Å². The van der Waals surface area contributed by atoms with Crippen LogP contribution >= 0.6 is 0 Å². The van der Waals surface area contributed by atoms with Crippen LogP contribution < -0.4 is 5.32 Å². The van der Waals surface area contributed by atoms with Crippen molar-refractivity contribution in [2.75, 3.05) is 19.8 Å². The maximum absolute atomic E-state index is 13.0. The third-order valence-corrected chi connectivity index (χ3v) is 17.2. The van der Waals surface area contributed by atoms with Gasteiger partial charge in [0.1, 0.15) is 24.4 Å². The number of ether oxygens (including phenoxy) is 3. The van der Waals surface area contributed by atoms with Gasteiger partial charge in [0.2, 0.25) is 5.91 Å². The Bertz CT molecular complexity index is 1490. The molecule has 0 aliphatic carbocycles. The van der Waals surface area contributed by atoms with Gasteiger partial charge >= 0.3 is 5.97 Å². The Balaban J connectivity index is 1.91. The highest BCUT2D eigenvalue weighted by molar-refractivity contribution is 5.76. The fourth-order valence-corrected chi connectivity index (χ4v) is 11.5. The third-order valence-electron chi connectivity index (χ3n) is 17.2. The molecule has 0 radical (unpaired) electrons. The van der Waals surface area contributed by atoms with Gasteiger partial charge in [-0.2, -0.15) is 0 Å². The molecule has 0 spiro atoms. The van der Waals surface area contributed by atoms with Crippen molar-refractivity contribution in [2.24, 2.45) is 0 Å². The van der Waals surface area contributed by atoms with Crippen LogP contribution in [0.15, 0.2) is 36.5 Å². The lowest BCUT2D eigenvalue weighted by Gasteiger charge is -2.40. The molecule has 0 aromatic carbocycles. The number of aliphatic hydroxyl groups is 5. The molecule has 0 bridgehead atoms. The van der Waals surface area contributed by atoms with Crippen LogP contribution in [0.3, 0.4) is 0 Å². The second-order valence-corrected chi connectivity index (χ2v) is 25.3. The highest BCUT2D eigenvalue weighted by Gasteiger charge is 2.44. The van der Waals surface area contributed by atoms with Crippen molar-refractivity contribution in [1.82, 2.24) is 5.32 Å². The smallest absolute Gasteiger partial charge is 0.305 e. The SMILES string of the molecule is CCCC/C=C\CCCCCCCC(=O)OCCCCCCCCCCCCCCCC/C=C\CCCCCCCCCCCCCCCCCCCC(=O)NC(COC1OC(CO)C(O)C(O)C1O)C(O)/C=C/CCCCCCCCCC. The molecule has 1 amide bonds. The number of carbonyl (C=O) groups excluding carboxylic acids is 2. The van der Waals surface area contributed by atoms with Gasteiger partial charge in [-0.15, -0.1) is 0 Å². The van der Waals surface area contributed by atoms with Crippen LogP contribution in [-0.4, -0.2) is 100 Å². The standard InChI is InChI=1S/C73H137NO10/c1-3-5-7-9-11-13-40-45-49-53-57-61-69(78)82-62-58-54-50-46-42-39-37-35-33-31-29-27-25-23-21-19-17-15-16-18-20-22-24-26-28-30-32-34-36-38-41-44-48-52-56-60-68(77)74-65(64-83-73-72(81)71(80)70(79)67(63-75)84-73)66(76)59-55-51-47-43-14-12-10-8-6-4-2/h9,11,17,19,55,59,65-67,70-73,75-76,79-81H,3-8,10,12-16,18,20-54,56-58,60-64H2,1-2H3,(H,74,77)/b11-9-,19-17-,59-55+. The van der Waals surface area contributed by atoms with E-state index in [0.29, 0.717) is 19.4 Å². The van der Waals surface area contributed by atoms with Crippen LogP contribution in [0, 0.1) is 0 Å². The monoisotopic (exact) mass is 1190 g/mol. The molecule has 1 aliphatic heterocycles. The number of carbonyl (C=O) groups is 2. The lowest BCUT2D eigenvalue weighted by Crippen LogP contribution is -2.60. The Labute approximate surface area is 517 Å². The summed E-state index contributed by atoms with van der Waals surface area (Å²) in [5.41, 5.74) is 0. The van der Waals surface area contributed by atoms with Crippen molar-refractivity contribution < 1.29 is 49.3 Å². The van der Waals surface area contributed by atoms with E-state index < -0.39 is 49.5 Å². The van der Waals surface area contributed by atoms with Crippen molar-refractivity contribution >= 4 is 11.9 Å². The molecule has 0 saturated carbocycles. The molecule has 1 fully saturated rings. The van der Waals surface area contributed by atoms with E-state index in [1.54, 1.807) is 6.08 Å². The zero-order valence-electron chi connectivity index (χ0n) is 54.9. The van der Waals surface area contributed by atoms with Crippen LogP contribution in [0.1, 0.15) is 354 Å². The number of aliphatic hydroxyl groups excluding tert-OH is 5. The number of hydrogen-bond donors (Lipinski definition) is 6. The van der Waals surface area contributed by atoms with Gasteiger partial charge < -0.3 is 45.1 Å². The van der Waals surface area contributed by atoms with E-state index in [0.717, 1.165) is 57.8 Å². The van der Waals surface area contributed by atoms with Crippen molar-refractivity contribution in [1.29, 1.82) is 0 Å². The lowest BCUT2D eigenvalue weighted by molar-refractivity contribution is -0.302. The van der Waals surface area contributed by atoms with E-state index >= 15 is 0 Å². The molecule has 7 unspecified atom stereocenters. The van der Waals surface area contributed by atoms with Crippen LogP contribution in [0.5, 0.6) is 0 Å². The molecule has 0 aromatic rings. The van der Waals surface area contributed by atoms with Gasteiger partial charge in [-0.25, -0.2) is 0 Å². The molecule has 84 heavy (non-hydrogen) atoms. The molecule has 11 nitrogen and oxygen atoms in total. The van der Waals surface area contributed by atoms with E-state index in [1.807, 2.05) is 6.08 Å². The van der Waals surface area contributed by atoms with Crippen molar-refractivity contribution in [3.8, 4) is 0 Å². The molecule has 1 saturated heterocycles. The molecular weight excluding hydrogens is 1050 g/mol. The van der Waals surface area contributed by atoms with E-state index in [9.17, 15) is 35.1 Å². The first-order valence-electron chi connectivity index (χ1n) is 36.3. The highest BCUT2D eigenvalue weighted by Crippen LogP contribution is 2.23. The fourth-order valence-electron chi connectivity index (χ4n) is 11.5. The topological polar surface area (TPSA) is 175 Å². The average molecular weight is 1190 g/mol. The number of rotatable bonds is 64. The quantitative estimate of drug-likeness (QED) is 0.0195. The fraction of sp³-hybridized carbons (Fsp3) is 0.890. The summed E-state index contributed by atoms with van der Waals surface area (Å²) in [6.45, 7) is 4.32. The van der Waals surface area contributed by atoms with Gasteiger partial charge in [0.15, 0.2) is 6.29 Å². The van der Waals surface area contributed by atoms with Gasteiger partial charge in [-0.05, 0) is 77.0 Å². The van der Waals surface area contributed by atoms with E-state index in [4.69, 9.17) is 14.2 Å². The molecule has 1 aliphatic rings. The molecule has 494 valence electrons. The van der Waals surface area contributed by atoms with Crippen LogP contribution in [-0.2, 0) is 23.8 Å². The number of unbranched alkanes of at least 4 members (excludes halogenated alkanes) is 46. The summed E-state index contributed by atoms with van der Waals surface area (Å²) >= 11 is 0. The number of amides is 1. The molecule has 7 atom stereocenters. The first-order valence-corrected chi connectivity index (χ1v) is 36.3. The minimum atomic E-state index is -1.57. The number of hydrogen-bond acceptors (Lipinski definition) is 10. The van der Waals surface area contributed by atoms with Crippen LogP contribution in [0.4, 0.5) is 0 Å². The number of nitrogens with one attached hydrogen (secondary N) is 1. The zero-order chi connectivity index (χ0) is 60.9. The molecule has 0 aromatic heterocycles. The Morgan fingerprint density at radius 1 is 0.429 bits per heavy atom. The van der Waals surface area contributed by atoms with Gasteiger partial charge in [0.25, 0.3) is 0 Å². The van der Waals surface area contributed by atoms with Crippen molar-refractivity contribution in [2.45, 2.75) is 397 Å². The summed E-state index contributed by atoms with van der Waals surface area (Å²) in [6.07, 6.45) is 70.2. The van der Waals surface area contributed by atoms with Crippen LogP contribution in [0.2, 0.25) is 0 Å². The summed E-state index contributed by atoms with van der Waals surface area (Å²) in [7, 11) is 0. The van der Waals surface area contributed by atoms with Crippen molar-refractivity contribution in [3.63, 3.8) is 0 Å². The summed E-state index contributed by atoms with van der Waals surface area (Å²) in [5.74, 6) is -0.176. The predicted octanol–water partition coefficient (Wildman–Crippen LogP) is 18.6. The van der Waals surface area contributed by atoms with E-state index in [1.165, 1.54) is 270 Å². The Morgan fingerprint density at radius 3 is 1.18 bits per heavy atom. The summed E-state index contributed by atoms with van der Waals surface area (Å²) in [5, 5.41) is 54.4. The zero-order valence-corrected chi connectivity index (χ0v) is 54.9. The minimum Gasteiger partial charge on any atom is -0.466 e. The second-order valence-electron chi connectivity index (χ2n) is 25.3. The Morgan fingerprint density at radius 2 is 0.774 bits per heavy atom. The lowest BCUT2D eigenvalue weighted by atomic mass is 9.99. The number of allylic oxidation sites excluding steroid dienone is 5. The highest BCUT2D eigenvalue weighted by atomic mass is 16.7. The summed E-state index contributed by atoms with van der Waals surface area (Å²) in [4.78, 5) is 25.0. The normalized spacial score (nSPS) is 18.2. The van der Waals surface area contributed by atoms with Crippen molar-refractivity contribution in [3.05, 3.63) is 36.5 Å². The summed E-state index contributed by atoms with van der Waals surface area (Å²) in [6, 6.07) is -0.806. The third kappa shape index (κ3) is 50.8. The predicted molar refractivity (Wildman–Crippen MR) is 352 cm³/mol. The number of esters is 1. The molecule has 1 heterocycles. The molecular formula is C73H137NO10. The van der Waals surface area contributed by atoms with Gasteiger partial charge in [0.05, 0.1) is 32.0 Å². The maximum Gasteiger partial charge on any atom is 0.305 e. The second kappa shape index (κ2) is 62.5. The minimum absolute atomic E-state index is 0.00253. The molecule has 6 N–H and O–H groups in total. The van der Waals surface area contributed by atoms with Gasteiger partial charge in [0, 0.05) is 12.8 Å². The largest absolute Gasteiger partial charge is 0.466 e. The molecule has 1 rings (SSSR count).